The van der Waals surface area contributed by atoms with E-state index in [9.17, 15) is 0 Å². The maximum absolute atomic E-state index is 6.39. The fraction of sp³-hybridized carbons (Fsp3) is 0.625. The fourth-order valence-corrected chi connectivity index (χ4v) is 4.85. The van der Waals surface area contributed by atoms with Gasteiger partial charge < -0.3 is 4.74 Å². The van der Waals surface area contributed by atoms with Crippen molar-refractivity contribution in [3.63, 3.8) is 0 Å². The molecule has 1 nitrogen and oxygen atoms in total. The first-order valence-electron chi connectivity index (χ1n) is 6.96. The van der Waals surface area contributed by atoms with Crippen LogP contribution in [-0.4, -0.2) is 5.60 Å². The van der Waals surface area contributed by atoms with Gasteiger partial charge in [0.25, 0.3) is 0 Å². The van der Waals surface area contributed by atoms with Gasteiger partial charge in [-0.1, -0.05) is 12.1 Å². The van der Waals surface area contributed by atoms with Gasteiger partial charge in [0.05, 0.1) is 0 Å². The Morgan fingerprint density at radius 2 is 1.47 bits per heavy atom. The summed E-state index contributed by atoms with van der Waals surface area (Å²) >= 11 is 0. The molecule has 0 aromatic heterocycles. The second-order valence-electron chi connectivity index (χ2n) is 6.44. The van der Waals surface area contributed by atoms with Crippen LogP contribution in [0.15, 0.2) is 24.3 Å². The molecule has 0 aliphatic heterocycles. The summed E-state index contributed by atoms with van der Waals surface area (Å²) in [6.45, 7) is 0. The van der Waals surface area contributed by atoms with Crippen molar-refractivity contribution in [3.8, 4) is 5.75 Å². The molecule has 0 amide bonds. The molecule has 0 heterocycles. The van der Waals surface area contributed by atoms with Gasteiger partial charge in [-0.15, -0.1) is 0 Å². The zero-order chi connectivity index (χ0) is 11.3. The molecule has 0 spiro atoms. The van der Waals surface area contributed by atoms with Gasteiger partial charge in [-0.2, -0.15) is 0 Å². The minimum atomic E-state index is 0.191. The van der Waals surface area contributed by atoms with Gasteiger partial charge in [-0.25, -0.2) is 0 Å². The van der Waals surface area contributed by atoms with Gasteiger partial charge in [0, 0.05) is 0 Å². The lowest BCUT2D eigenvalue weighted by Crippen LogP contribution is -2.53. The lowest BCUT2D eigenvalue weighted by atomic mass is 9.54. The number of ether oxygens (including phenoxy) is 1. The Kier molecular flexibility index (Phi) is 2.06. The lowest BCUT2D eigenvalue weighted by Gasteiger charge is -2.56. The molecule has 89 valence electrons. The van der Waals surface area contributed by atoms with E-state index in [2.05, 4.69) is 18.2 Å². The molecule has 0 unspecified atom stereocenters. The summed E-state index contributed by atoms with van der Waals surface area (Å²) < 4.78 is 6.39. The molecule has 1 heteroatoms. The Bertz CT molecular complexity index is 374. The summed E-state index contributed by atoms with van der Waals surface area (Å²) in [7, 11) is 0. The topological polar surface area (TPSA) is 9.23 Å². The molecule has 17 heavy (non-hydrogen) atoms. The molecule has 5 rings (SSSR count). The molecule has 1 aromatic carbocycles. The molecule has 4 fully saturated rings. The van der Waals surface area contributed by atoms with Gasteiger partial charge in [0.1, 0.15) is 11.4 Å². The molecule has 0 saturated heterocycles. The zero-order valence-electron chi connectivity index (χ0n) is 10.2. The molecule has 4 aliphatic rings. The molecule has 4 bridgehead atoms. The van der Waals surface area contributed by atoms with Crippen LogP contribution >= 0.6 is 0 Å². The van der Waals surface area contributed by atoms with E-state index >= 15 is 0 Å². The normalized spacial score (nSPS) is 42.7. The number of rotatable bonds is 2. The second kappa shape index (κ2) is 3.51. The highest BCUT2D eigenvalue weighted by atomic mass is 16.5. The highest BCUT2D eigenvalue weighted by molar-refractivity contribution is 5.22. The van der Waals surface area contributed by atoms with Crippen molar-refractivity contribution in [2.24, 2.45) is 17.8 Å². The van der Waals surface area contributed by atoms with E-state index in [1.54, 1.807) is 0 Å². The lowest BCUT2D eigenvalue weighted by molar-refractivity contribution is -0.107. The van der Waals surface area contributed by atoms with E-state index in [0.29, 0.717) is 0 Å². The number of benzene rings is 1. The third-order valence-corrected chi connectivity index (χ3v) is 5.00. The van der Waals surface area contributed by atoms with E-state index in [-0.39, 0.29) is 5.60 Å². The summed E-state index contributed by atoms with van der Waals surface area (Å²) in [6.07, 6.45) is 8.34. The molecule has 4 aliphatic carbocycles. The summed E-state index contributed by atoms with van der Waals surface area (Å²) in [5, 5.41) is 0. The van der Waals surface area contributed by atoms with Crippen molar-refractivity contribution >= 4 is 0 Å². The van der Waals surface area contributed by atoms with Crippen molar-refractivity contribution in [1.82, 2.24) is 0 Å². The predicted molar refractivity (Wildman–Crippen MR) is 66.8 cm³/mol. The van der Waals surface area contributed by atoms with Crippen molar-refractivity contribution in [2.45, 2.75) is 44.1 Å². The summed E-state index contributed by atoms with van der Waals surface area (Å²) in [5.74, 6) is 3.91. The Labute approximate surface area is 103 Å². The minimum Gasteiger partial charge on any atom is -0.487 e. The highest BCUT2D eigenvalue weighted by Gasteiger charge is 2.52. The third-order valence-electron chi connectivity index (χ3n) is 5.00. The largest absolute Gasteiger partial charge is 0.487 e. The summed E-state index contributed by atoms with van der Waals surface area (Å²) in [5.41, 5.74) is 0.191. The number of hydrogen-bond donors (Lipinski definition) is 0. The van der Waals surface area contributed by atoms with Crippen molar-refractivity contribution in [3.05, 3.63) is 30.3 Å². The summed E-state index contributed by atoms with van der Waals surface area (Å²) in [6, 6.07) is 11.1. The van der Waals surface area contributed by atoms with E-state index < -0.39 is 0 Å². The predicted octanol–water partition coefficient (Wildman–Crippen LogP) is 3.83. The Hall–Kier alpha value is -0.980. The van der Waals surface area contributed by atoms with Gasteiger partial charge in [-0.05, 0) is 74.5 Å². The second-order valence-corrected chi connectivity index (χ2v) is 6.44. The smallest absolute Gasteiger partial charge is 0.120 e. The van der Waals surface area contributed by atoms with E-state index in [1.807, 2.05) is 12.1 Å². The minimum absolute atomic E-state index is 0.191. The van der Waals surface area contributed by atoms with Gasteiger partial charge >= 0.3 is 0 Å². The van der Waals surface area contributed by atoms with Crippen molar-refractivity contribution in [1.29, 1.82) is 0 Å². The SMILES string of the molecule is [c]1ccc(OC23CC4CC(CC(C4)C2)C3)cc1. The van der Waals surface area contributed by atoms with Crippen molar-refractivity contribution in [2.75, 3.05) is 0 Å². The van der Waals surface area contributed by atoms with Gasteiger partial charge in [0.15, 0.2) is 0 Å². The maximum atomic E-state index is 6.39. The van der Waals surface area contributed by atoms with Gasteiger partial charge in [0.2, 0.25) is 0 Å². The Balaban J connectivity index is 1.61. The van der Waals surface area contributed by atoms with Crippen LogP contribution in [0.2, 0.25) is 0 Å². The van der Waals surface area contributed by atoms with Crippen LogP contribution in [0, 0.1) is 23.8 Å². The molecule has 4 saturated carbocycles. The van der Waals surface area contributed by atoms with Crippen LogP contribution in [0.5, 0.6) is 5.75 Å². The maximum Gasteiger partial charge on any atom is 0.120 e. The van der Waals surface area contributed by atoms with E-state index in [1.165, 1.54) is 38.5 Å². The molecule has 0 N–H and O–H groups in total. The van der Waals surface area contributed by atoms with Crippen LogP contribution in [0.4, 0.5) is 0 Å². The van der Waals surface area contributed by atoms with Crippen LogP contribution in [0.3, 0.4) is 0 Å². The highest BCUT2D eigenvalue weighted by Crippen LogP contribution is 2.56. The molecular formula is C16H19O. The molecule has 1 radical (unpaired) electrons. The van der Waals surface area contributed by atoms with E-state index in [4.69, 9.17) is 4.74 Å². The molecule has 0 atom stereocenters. The molecule has 1 aromatic rings. The monoisotopic (exact) mass is 227 g/mol. The molecular weight excluding hydrogens is 208 g/mol. The van der Waals surface area contributed by atoms with Crippen LogP contribution < -0.4 is 4.74 Å². The average Bonchev–Trinajstić information content (AvgIpc) is 2.27. The fourth-order valence-electron chi connectivity index (χ4n) is 4.85. The zero-order valence-corrected chi connectivity index (χ0v) is 10.2. The Morgan fingerprint density at radius 3 is 2.00 bits per heavy atom. The van der Waals surface area contributed by atoms with Crippen LogP contribution in [0.25, 0.3) is 0 Å². The summed E-state index contributed by atoms with van der Waals surface area (Å²) in [4.78, 5) is 0. The average molecular weight is 227 g/mol. The third kappa shape index (κ3) is 1.67. The van der Waals surface area contributed by atoms with Crippen LogP contribution in [-0.2, 0) is 0 Å². The quantitative estimate of drug-likeness (QED) is 0.746. The first-order valence-corrected chi connectivity index (χ1v) is 6.96. The first-order chi connectivity index (χ1) is 8.31. The van der Waals surface area contributed by atoms with Crippen molar-refractivity contribution < 1.29 is 4.74 Å². The van der Waals surface area contributed by atoms with Gasteiger partial charge in [-0.3, -0.25) is 0 Å². The first kappa shape index (κ1) is 9.99. The Morgan fingerprint density at radius 1 is 0.941 bits per heavy atom. The van der Waals surface area contributed by atoms with Crippen LogP contribution in [0.1, 0.15) is 38.5 Å². The standard InChI is InChI=1S/C16H19O/c1-2-4-15(5-3-1)17-16-9-12-6-13(10-16)8-14(7-12)11-16/h2-5,12-14H,6-11H2. The van der Waals surface area contributed by atoms with E-state index in [0.717, 1.165) is 23.5 Å². The number of hydrogen-bond acceptors (Lipinski definition) is 1.